The number of aliphatic imine (C=N–C) groups is 1. The fourth-order valence-electron chi connectivity index (χ4n) is 3.06. The molecule has 150 valence electrons. The van der Waals surface area contributed by atoms with E-state index in [1.807, 2.05) is 13.8 Å². The molecule has 0 fully saturated rings. The molecule has 0 aliphatic rings. The summed E-state index contributed by atoms with van der Waals surface area (Å²) in [4.78, 5) is 24.4. The van der Waals surface area contributed by atoms with E-state index in [-0.39, 0.29) is 11.5 Å². The first-order valence-electron chi connectivity index (χ1n) is 9.20. The van der Waals surface area contributed by atoms with Gasteiger partial charge in [-0.1, -0.05) is 13.3 Å². The summed E-state index contributed by atoms with van der Waals surface area (Å²) < 4.78 is 7.25. The van der Waals surface area contributed by atoms with E-state index in [1.54, 1.807) is 36.1 Å². The monoisotopic (exact) mass is 394 g/mol. The molecule has 0 saturated carbocycles. The van der Waals surface area contributed by atoms with E-state index >= 15 is 0 Å². The molecular formula is C19H22N8O2. The van der Waals surface area contributed by atoms with Crippen molar-refractivity contribution in [1.29, 1.82) is 5.26 Å². The van der Waals surface area contributed by atoms with Crippen LogP contribution in [0.25, 0.3) is 22.4 Å². The third-order valence-corrected chi connectivity index (χ3v) is 4.20. The topological polar surface area (TPSA) is 147 Å². The normalized spacial score (nSPS) is 11.4. The zero-order valence-electron chi connectivity index (χ0n) is 16.5. The minimum absolute atomic E-state index is 0.0444. The molecule has 0 bridgehead atoms. The number of rotatable bonds is 6. The van der Waals surface area contributed by atoms with E-state index in [4.69, 9.17) is 15.7 Å². The number of guanidine groups is 1. The number of aromatic nitrogens is 4. The van der Waals surface area contributed by atoms with Crippen molar-refractivity contribution >= 4 is 22.7 Å². The summed E-state index contributed by atoms with van der Waals surface area (Å²) in [6.07, 6.45) is 3.31. The molecule has 0 radical (unpaired) electrons. The predicted octanol–water partition coefficient (Wildman–Crippen LogP) is 1.69. The molecule has 0 atom stereocenters. The van der Waals surface area contributed by atoms with Gasteiger partial charge in [0.15, 0.2) is 11.7 Å². The number of benzene rings is 1. The van der Waals surface area contributed by atoms with Crippen molar-refractivity contribution in [2.75, 3.05) is 6.61 Å². The Balaban J connectivity index is 2.21. The zero-order valence-corrected chi connectivity index (χ0v) is 16.5. The Kier molecular flexibility index (Phi) is 5.78. The minimum atomic E-state index is -0.288. The second-order valence-electron chi connectivity index (χ2n) is 6.28. The number of aryl methyl sites for hydroxylation is 2. The second-order valence-corrected chi connectivity index (χ2v) is 6.28. The second kappa shape index (κ2) is 8.43. The molecule has 0 saturated heterocycles. The van der Waals surface area contributed by atoms with Crippen LogP contribution in [-0.2, 0) is 13.5 Å². The van der Waals surface area contributed by atoms with Crippen LogP contribution in [0.2, 0.25) is 0 Å². The Morgan fingerprint density at radius 3 is 2.93 bits per heavy atom. The zero-order chi connectivity index (χ0) is 21.0. The van der Waals surface area contributed by atoms with Crippen molar-refractivity contribution < 1.29 is 4.74 Å². The van der Waals surface area contributed by atoms with Crippen molar-refractivity contribution in [3.05, 3.63) is 34.2 Å². The molecule has 0 aliphatic carbocycles. The first-order chi connectivity index (χ1) is 14.0. The molecule has 0 amide bonds. The average molecular weight is 394 g/mol. The molecule has 0 aliphatic heterocycles. The maximum Gasteiger partial charge on any atom is 0.277 e. The summed E-state index contributed by atoms with van der Waals surface area (Å²) in [7, 11) is 1.73. The molecule has 3 aromatic rings. The van der Waals surface area contributed by atoms with Gasteiger partial charge < -0.3 is 15.5 Å². The van der Waals surface area contributed by atoms with Gasteiger partial charge in [0, 0.05) is 7.05 Å². The van der Waals surface area contributed by atoms with Crippen LogP contribution < -0.4 is 21.3 Å². The number of nitriles is 1. The Morgan fingerprint density at radius 2 is 2.24 bits per heavy atom. The van der Waals surface area contributed by atoms with Gasteiger partial charge in [-0.3, -0.25) is 14.8 Å². The highest BCUT2D eigenvalue weighted by Gasteiger charge is 2.17. The highest BCUT2D eigenvalue weighted by molar-refractivity contribution is 5.84. The fraction of sp³-hybridized carbons (Fsp3) is 0.316. The Labute approximate surface area is 167 Å². The number of fused-ring (bicyclic) bond motifs is 1. The lowest BCUT2D eigenvalue weighted by atomic mass is 10.1. The molecule has 2 aromatic heterocycles. The summed E-state index contributed by atoms with van der Waals surface area (Å²) in [6, 6.07) is 5.11. The summed E-state index contributed by atoms with van der Waals surface area (Å²) >= 11 is 0. The van der Waals surface area contributed by atoms with Gasteiger partial charge in [0.1, 0.15) is 17.1 Å². The van der Waals surface area contributed by atoms with Crippen molar-refractivity contribution in [1.82, 2.24) is 25.1 Å². The Morgan fingerprint density at radius 1 is 1.45 bits per heavy atom. The number of hydrogen-bond donors (Lipinski definition) is 3. The Hall–Kier alpha value is -3.87. The van der Waals surface area contributed by atoms with Crippen molar-refractivity contribution in [2.45, 2.75) is 26.7 Å². The molecule has 4 N–H and O–H groups in total. The summed E-state index contributed by atoms with van der Waals surface area (Å²) in [5.74, 6) is 0.846. The van der Waals surface area contributed by atoms with Gasteiger partial charge in [-0.2, -0.15) is 10.4 Å². The number of nitrogens with one attached hydrogen (secondary N) is 2. The summed E-state index contributed by atoms with van der Waals surface area (Å²) in [5.41, 5.74) is 8.16. The number of nitrogens with two attached hydrogens (primary N) is 1. The van der Waals surface area contributed by atoms with Gasteiger partial charge in [-0.15, -0.1) is 0 Å². The van der Waals surface area contributed by atoms with Gasteiger partial charge in [-0.05, 0) is 31.5 Å². The van der Waals surface area contributed by atoms with E-state index in [1.165, 1.54) is 0 Å². The summed E-state index contributed by atoms with van der Waals surface area (Å²) in [6.45, 7) is 4.35. The minimum Gasteiger partial charge on any atom is -0.493 e. The van der Waals surface area contributed by atoms with Crippen molar-refractivity contribution in [3.8, 4) is 23.3 Å². The molecular weight excluding hydrogens is 372 g/mol. The lowest BCUT2D eigenvalue weighted by Crippen LogP contribution is -2.26. The van der Waals surface area contributed by atoms with Crippen molar-refractivity contribution in [3.63, 3.8) is 0 Å². The predicted molar refractivity (Wildman–Crippen MR) is 110 cm³/mol. The van der Waals surface area contributed by atoms with E-state index in [2.05, 4.69) is 25.4 Å². The van der Waals surface area contributed by atoms with Gasteiger partial charge in [0.05, 0.1) is 23.6 Å². The highest BCUT2D eigenvalue weighted by Crippen LogP contribution is 2.32. The van der Waals surface area contributed by atoms with Crippen LogP contribution in [0.3, 0.4) is 0 Å². The van der Waals surface area contributed by atoms with Crippen molar-refractivity contribution in [2.24, 2.45) is 17.8 Å². The van der Waals surface area contributed by atoms with Crippen LogP contribution in [-0.4, -0.2) is 32.3 Å². The first-order valence-corrected chi connectivity index (χ1v) is 9.20. The highest BCUT2D eigenvalue weighted by atomic mass is 16.5. The molecule has 10 nitrogen and oxygen atoms in total. The number of nitrogens with zero attached hydrogens (tertiary/aromatic N) is 5. The molecule has 29 heavy (non-hydrogen) atoms. The SMILES string of the molecule is CCCc1nn(C)c2c(=O)[nH]c(-c3cc(N=C(N)NC#N)ccc3OCC)nc12. The number of aromatic amines is 1. The maximum absolute atomic E-state index is 12.7. The van der Waals surface area contributed by atoms with Gasteiger partial charge in [0.2, 0.25) is 5.96 Å². The fourth-order valence-corrected chi connectivity index (χ4v) is 3.06. The van der Waals surface area contributed by atoms with E-state index in [0.29, 0.717) is 46.9 Å². The third kappa shape index (κ3) is 4.03. The smallest absolute Gasteiger partial charge is 0.277 e. The van der Waals surface area contributed by atoms with Crippen LogP contribution in [0.15, 0.2) is 28.0 Å². The third-order valence-electron chi connectivity index (χ3n) is 4.20. The Bertz CT molecular complexity index is 1170. The summed E-state index contributed by atoms with van der Waals surface area (Å²) in [5, 5.41) is 15.4. The average Bonchev–Trinajstić information content (AvgIpc) is 2.99. The van der Waals surface area contributed by atoms with Gasteiger partial charge in [0.25, 0.3) is 5.56 Å². The number of H-pyrrole nitrogens is 1. The maximum atomic E-state index is 12.7. The van der Waals surface area contributed by atoms with E-state index < -0.39 is 0 Å². The van der Waals surface area contributed by atoms with Crippen LogP contribution >= 0.6 is 0 Å². The molecule has 0 unspecified atom stereocenters. The van der Waals surface area contributed by atoms with E-state index in [0.717, 1.165) is 12.1 Å². The van der Waals surface area contributed by atoms with E-state index in [9.17, 15) is 4.79 Å². The van der Waals surface area contributed by atoms with Gasteiger partial charge in [-0.25, -0.2) is 9.98 Å². The standard InChI is InChI=1S/C19H22N8O2/c1-4-6-13-15-16(27(3)26-13)18(28)25-17(24-15)12-9-11(23-19(21)22-10-20)7-8-14(12)29-5-2/h7-9H,4-6H2,1-3H3,(H3,21,22,23)(H,24,25,28). The van der Waals surface area contributed by atoms with Crippen LogP contribution in [0.1, 0.15) is 26.0 Å². The first kappa shape index (κ1) is 19.9. The molecule has 0 spiro atoms. The lowest BCUT2D eigenvalue weighted by Gasteiger charge is -2.11. The molecule has 10 heteroatoms. The molecule has 2 heterocycles. The molecule has 3 rings (SSSR count). The largest absolute Gasteiger partial charge is 0.493 e. The quantitative estimate of drug-likeness (QED) is 0.249. The number of hydrogen-bond acceptors (Lipinski definition) is 6. The van der Waals surface area contributed by atoms with Gasteiger partial charge >= 0.3 is 0 Å². The molecule has 1 aromatic carbocycles. The number of ether oxygens (including phenoxy) is 1. The lowest BCUT2D eigenvalue weighted by molar-refractivity contribution is 0.341. The van der Waals surface area contributed by atoms with Crippen LogP contribution in [0, 0.1) is 11.5 Å². The van der Waals surface area contributed by atoms with Crippen LogP contribution in [0.5, 0.6) is 5.75 Å². The van der Waals surface area contributed by atoms with Crippen LogP contribution in [0.4, 0.5) is 5.69 Å².